The Balaban J connectivity index is 1.01. The second kappa shape index (κ2) is 22.3. The van der Waals surface area contributed by atoms with E-state index in [-0.39, 0.29) is 17.5 Å². The van der Waals surface area contributed by atoms with Crippen LogP contribution in [-0.2, 0) is 10.8 Å². The van der Waals surface area contributed by atoms with Crippen molar-refractivity contribution in [2.75, 3.05) is 9.80 Å². The molecule has 3 heteroatoms. The molecule has 13 aromatic rings. The molecule has 0 fully saturated rings. The molecule has 0 bridgehead atoms. The molecule has 2 nitrogen and oxygen atoms in total. The maximum Gasteiger partial charge on any atom is 0.252 e. The van der Waals surface area contributed by atoms with Crippen LogP contribution in [-0.4, -0.2) is 6.71 Å². The molecule has 0 aliphatic carbocycles. The maximum absolute atomic E-state index is 2.61. The van der Waals surface area contributed by atoms with Gasteiger partial charge in [0.15, 0.2) is 0 Å². The number of rotatable bonds is 10. The molecular weight excluding hydrogens is 1070 g/mol. The van der Waals surface area contributed by atoms with Crippen molar-refractivity contribution < 1.29 is 0 Å². The fourth-order valence-corrected chi connectivity index (χ4v) is 14.1. The average molecular weight is 1140 g/mol. The van der Waals surface area contributed by atoms with Gasteiger partial charge >= 0.3 is 0 Å². The standard InChI is InChI=1S/C86H69BN2/c1-85(2,3)74-40-23-19-36-70(74)62-46-48-76-82(56-62)88(78-42-25-21-38-72(78)68-52-64(58-28-11-7-12-29-58)50-65(53-68)59-30-13-8-14-31-59)80-44-27-45-81-84(80)87(76)77-49-47-63(71-37-20-24-41-75(71)86(4,5)6)57-83(77)89(81)79-43-26-22-39-73(79)69-54-66(60-32-15-9-16-33-60)51-67(55-69)61-34-17-10-18-35-61/h7-57H,1-6H3. The van der Waals surface area contributed by atoms with Gasteiger partial charge in [0.05, 0.1) is 11.4 Å². The Morgan fingerprint density at radius 3 is 0.854 bits per heavy atom. The SMILES string of the molecule is CC(C)(C)c1ccccc1-c1ccc2c(c1)N(c1ccccc1-c1cc(-c3ccccc3)cc(-c3ccccc3)c1)c1cccc3c1B2c1ccc(-c2ccccc2C(C)(C)C)cc1N3c1ccccc1-c1cc(-c2ccccc2)cc(-c2ccccc2)c1. The van der Waals surface area contributed by atoms with Crippen LogP contribution in [0.1, 0.15) is 52.7 Å². The smallest absolute Gasteiger partial charge is 0.252 e. The van der Waals surface area contributed by atoms with Crippen LogP contribution in [0.15, 0.2) is 309 Å². The van der Waals surface area contributed by atoms with Gasteiger partial charge in [-0.25, -0.2) is 0 Å². The molecule has 0 unspecified atom stereocenters. The van der Waals surface area contributed by atoms with E-state index in [0.717, 1.165) is 45.0 Å². The molecule has 0 N–H and O–H groups in total. The van der Waals surface area contributed by atoms with Gasteiger partial charge in [0, 0.05) is 33.9 Å². The first-order valence-electron chi connectivity index (χ1n) is 31.3. The number of hydrogen-bond acceptors (Lipinski definition) is 2. The lowest BCUT2D eigenvalue weighted by atomic mass is 9.33. The van der Waals surface area contributed by atoms with Crippen LogP contribution < -0.4 is 26.2 Å². The Labute approximate surface area is 525 Å². The first-order valence-corrected chi connectivity index (χ1v) is 31.3. The number of benzene rings is 13. The molecule has 2 heterocycles. The van der Waals surface area contributed by atoms with Gasteiger partial charge in [-0.3, -0.25) is 0 Å². The van der Waals surface area contributed by atoms with Crippen molar-refractivity contribution in [1.29, 1.82) is 0 Å². The van der Waals surface area contributed by atoms with E-state index in [2.05, 4.69) is 361 Å². The molecule has 2 aliphatic rings. The third kappa shape index (κ3) is 10.1. The van der Waals surface area contributed by atoms with Gasteiger partial charge in [-0.1, -0.05) is 278 Å². The zero-order valence-electron chi connectivity index (χ0n) is 51.4. The average Bonchev–Trinajstić information content (AvgIpc) is 0.721. The van der Waals surface area contributed by atoms with E-state index in [9.17, 15) is 0 Å². The van der Waals surface area contributed by atoms with E-state index >= 15 is 0 Å². The zero-order chi connectivity index (χ0) is 60.4. The topological polar surface area (TPSA) is 6.48 Å². The number of para-hydroxylation sites is 2. The van der Waals surface area contributed by atoms with Crippen LogP contribution in [0.25, 0.3) is 89.0 Å². The van der Waals surface area contributed by atoms with Crippen LogP contribution in [0.5, 0.6) is 0 Å². The van der Waals surface area contributed by atoms with Crippen molar-refractivity contribution in [3.05, 3.63) is 321 Å². The molecule has 0 atom stereocenters. The minimum absolute atomic E-state index is 0.0854. The molecule has 2 aliphatic heterocycles. The van der Waals surface area contributed by atoms with Gasteiger partial charge in [-0.2, -0.15) is 0 Å². The highest BCUT2D eigenvalue weighted by molar-refractivity contribution is 7.00. The summed E-state index contributed by atoms with van der Waals surface area (Å²) in [5, 5.41) is 0. The fourth-order valence-electron chi connectivity index (χ4n) is 14.1. The summed E-state index contributed by atoms with van der Waals surface area (Å²) in [6.45, 7) is 13.9. The highest BCUT2D eigenvalue weighted by atomic mass is 15.2. The zero-order valence-corrected chi connectivity index (χ0v) is 51.4. The number of nitrogens with zero attached hydrogens (tertiary/aromatic N) is 2. The molecule has 13 aromatic carbocycles. The highest BCUT2D eigenvalue weighted by Crippen LogP contribution is 2.51. The predicted octanol–water partition coefficient (Wildman–Crippen LogP) is 21.7. The molecule has 0 aromatic heterocycles. The van der Waals surface area contributed by atoms with Crippen molar-refractivity contribution in [1.82, 2.24) is 0 Å². The molecule has 426 valence electrons. The maximum atomic E-state index is 2.61. The van der Waals surface area contributed by atoms with Gasteiger partial charge in [0.1, 0.15) is 0 Å². The normalized spacial score (nSPS) is 12.5. The number of anilines is 6. The molecular formula is C86H69BN2. The van der Waals surface area contributed by atoms with Gasteiger partial charge < -0.3 is 9.80 Å². The van der Waals surface area contributed by atoms with E-state index in [0.29, 0.717) is 0 Å². The van der Waals surface area contributed by atoms with E-state index in [4.69, 9.17) is 0 Å². The summed E-state index contributed by atoms with van der Waals surface area (Å²) >= 11 is 0. The summed E-state index contributed by atoms with van der Waals surface area (Å²) in [4.78, 5) is 5.22. The lowest BCUT2D eigenvalue weighted by Crippen LogP contribution is -2.61. The number of hydrogen-bond donors (Lipinski definition) is 0. The summed E-state index contributed by atoms with van der Waals surface area (Å²) < 4.78 is 0. The molecule has 0 radical (unpaired) electrons. The van der Waals surface area contributed by atoms with Gasteiger partial charge in [-0.05, 0) is 189 Å². The van der Waals surface area contributed by atoms with Crippen molar-refractivity contribution in [2.45, 2.75) is 52.4 Å². The summed E-state index contributed by atoms with van der Waals surface area (Å²) in [5.41, 5.74) is 32.1. The lowest BCUT2D eigenvalue weighted by Gasteiger charge is -2.45. The van der Waals surface area contributed by atoms with E-state index in [1.807, 2.05) is 0 Å². The molecule has 0 amide bonds. The first-order chi connectivity index (χ1) is 43.4. The summed E-state index contributed by atoms with van der Waals surface area (Å²) in [5.74, 6) is 0. The molecule has 0 saturated heterocycles. The third-order valence-corrected chi connectivity index (χ3v) is 18.3. The van der Waals surface area contributed by atoms with Gasteiger partial charge in [-0.15, -0.1) is 0 Å². The van der Waals surface area contributed by atoms with E-state index in [1.54, 1.807) is 0 Å². The van der Waals surface area contributed by atoms with Crippen LogP contribution >= 0.6 is 0 Å². The Bertz CT molecular complexity index is 4390. The van der Waals surface area contributed by atoms with Crippen molar-refractivity contribution in [2.24, 2.45) is 0 Å². The van der Waals surface area contributed by atoms with Crippen LogP contribution in [0.3, 0.4) is 0 Å². The highest BCUT2D eigenvalue weighted by Gasteiger charge is 2.44. The van der Waals surface area contributed by atoms with Crippen molar-refractivity contribution >= 4 is 57.2 Å². The molecule has 0 saturated carbocycles. The van der Waals surface area contributed by atoms with Crippen molar-refractivity contribution in [3.8, 4) is 89.0 Å². The lowest BCUT2D eigenvalue weighted by molar-refractivity contribution is 0.591. The monoisotopic (exact) mass is 1140 g/mol. The minimum Gasteiger partial charge on any atom is -0.311 e. The number of fused-ring (bicyclic) bond motifs is 4. The molecule has 89 heavy (non-hydrogen) atoms. The van der Waals surface area contributed by atoms with Crippen molar-refractivity contribution in [3.63, 3.8) is 0 Å². The summed E-state index contributed by atoms with van der Waals surface area (Å²) in [6.07, 6.45) is 0. The molecule has 0 spiro atoms. The summed E-state index contributed by atoms with van der Waals surface area (Å²) in [7, 11) is 0. The quantitative estimate of drug-likeness (QED) is 0.126. The van der Waals surface area contributed by atoms with E-state index < -0.39 is 0 Å². The second-order valence-electron chi connectivity index (χ2n) is 26.0. The third-order valence-electron chi connectivity index (χ3n) is 18.3. The second-order valence-corrected chi connectivity index (χ2v) is 26.0. The summed E-state index contributed by atoms with van der Waals surface area (Å²) in [6, 6.07) is 116. The Kier molecular flexibility index (Phi) is 13.8. The molecule has 15 rings (SSSR count). The Morgan fingerprint density at radius 2 is 0.506 bits per heavy atom. The predicted molar refractivity (Wildman–Crippen MR) is 381 cm³/mol. The largest absolute Gasteiger partial charge is 0.311 e. The first kappa shape index (κ1) is 55.1. The fraction of sp³-hybridized carbons (Fsp3) is 0.0930. The van der Waals surface area contributed by atoms with Crippen LogP contribution in [0.4, 0.5) is 34.1 Å². The Hall–Kier alpha value is -10.5. The van der Waals surface area contributed by atoms with Crippen LogP contribution in [0.2, 0.25) is 0 Å². The van der Waals surface area contributed by atoms with E-state index in [1.165, 1.54) is 106 Å². The minimum atomic E-state index is -0.117. The Morgan fingerprint density at radius 1 is 0.213 bits per heavy atom. The van der Waals surface area contributed by atoms with Gasteiger partial charge in [0.2, 0.25) is 0 Å². The van der Waals surface area contributed by atoms with Crippen LogP contribution in [0, 0.1) is 0 Å². The van der Waals surface area contributed by atoms with Gasteiger partial charge in [0.25, 0.3) is 6.71 Å².